The highest BCUT2D eigenvalue weighted by Crippen LogP contribution is 2.53. The molecule has 0 aromatic rings. The van der Waals surface area contributed by atoms with Crippen molar-refractivity contribution in [3.63, 3.8) is 0 Å². The number of hydrogen-bond donors (Lipinski definition) is 0. The summed E-state index contributed by atoms with van der Waals surface area (Å²) in [5.41, 5.74) is 0. The van der Waals surface area contributed by atoms with E-state index in [0.717, 1.165) is 11.8 Å². The summed E-state index contributed by atoms with van der Waals surface area (Å²) in [4.78, 5) is 0. The van der Waals surface area contributed by atoms with E-state index in [9.17, 15) is 0 Å². The van der Waals surface area contributed by atoms with Gasteiger partial charge in [-0.2, -0.15) is 0 Å². The van der Waals surface area contributed by atoms with Gasteiger partial charge in [-0.15, -0.1) is 0 Å². The summed E-state index contributed by atoms with van der Waals surface area (Å²) >= 11 is 0. The maximum atomic E-state index is 1.61. The van der Waals surface area contributed by atoms with E-state index < -0.39 is 0 Å². The highest BCUT2D eigenvalue weighted by molar-refractivity contribution is 4.94. The van der Waals surface area contributed by atoms with Gasteiger partial charge in [-0.1, -0.05) is 77.0 Å². The lowest BCUT2D eigenvalue weighted by Gasteiger charge is -2.28. The summed E-state index contributed by atoms with van der Waals surface area (Å²) in [6.45, 7) is 0. The second-order valence-corrected chi connectivity index (χ2v) is 7.42. The maximum Gasteiger partial charge on any atom is -0.0352 e. The molecule has 0 N–H and O–H groups in total. The second-order valence-electron chi connectivity index (χ2n) is 7.42. The molecule has 104 valence electrons. The Morgan fingerprint density at radius 3 is 1.61 bits per heavy atom. The fraction of sp³-hybridized carbons (Fsp3) is 1.00. The van der Waals surface area contributed by atoms with Crippen LogP contribution in [0.4, 0.5) is 0 Å². The summed E-state index contributed by atoms with van der Waals surface area (Å²) < 4.78 is 0. The second kappa shape index (κ2) is 6.44. The van der Waals surface area contributed by atoms with Crippen LogP contribution in [0.25, 0.3) is 0 Å². The van der Waals surface area contributed by atoms with Gasteiger partial charge in [0.1, 0.15) is 0 Å². The lowest BCUT2D eigenvalue weighted by atomic mass is 9.77. The van der Waals surface area contributed by atoms with Crippen LogP contribution in [0.15, 0.2) is 0 Å². The molecule has 0 nitrogen and oxygen atoms in total. The van der Waals surface area contributed by atoms with Gasteiger partial charge in [-0.25, -0.2) is 0 Å². The summed E-state index contributed by atoms with van der Waals surface area (Å²) in [5.74, 6) is 4.61. The first-order valence-electron chi connectivity index (χ1n) is 8.95. The molecule has 3 rings (SSSR count). The molecule has 3 fully saturated rings. The van der Waals surface area contributed by atoms with Crippen LogP contribution in [0.2, 0.25) is 0 Å². The van der Waals surface area contributed by atoms with Gasteiger partial charge in [0.15, 0.2) is 0 Å². The van der Waals surface area contributed by atoms with Crippen LogP contribution in [0.1, 0.15) is 89.9 Å². The smallest absolute Gasteiger partial charge is 0.0352 e. The SMILES string of the molecule is C1CCCCC2C(CCC1)CCCCCC1CC12. The molecule has 4 unspecified atom stereocenters. The maximum absolute atomic E-state index is 1.61. The summed E-state index contributed by atoms with van der Waals surface area (Å²) in [6, 6.07) is 0. The fourth-order valence-corrected chi connectivity index (χ4v) is 4.98. The summed E-state index contributed by atoms with van der Waals surface area (Å²) in [6.07, 6.45) is 21.7. The predicted molar refractivity (Wildman–Crippen MR) is 78.6 cm³/mol. The molecule has 0 aromatic carbocycles. The van der Waals surface area contributed by atoms with Gasteiger partial charge in [-0.05, 0) is 36.5 Å². The topological polar surface area (TPSA) is 0 Å². The zero-order chi connectivity index (χ0) is 12.2. The van der Waals surface area contributed by atoms with E-state index in [1.165, 1.54) is 43.9 Å². The Balaban J connectivity index is 1.65. The van der Waals surface area contributed by atoms with E-state index in [-0.39, 0.29) is 0 Å². The van der Waals surface area contributed by atoms with E-state index >= 15 is 0 Å². The van der Waals surface area contributed by atoms with Crippen molar-refractivity contribution < 1.29 is 0 Å². The van der Waals surface area contributed by atoms with Crippen LogP contribution < -0.4 is 0 Å². The first-order chi connectivity index (χ1) is 8.95. The van der Waals surface area contributed by atoms with Crippen molar-refractivity contribution in [2.45, 2.75) is 89.9 Å². The Hall–Kier alpha value is 0. The van der Waals surface area contributed by atoms with Crippen LogP contribution in [-0.2, 0) is 0 Å². The molecule has 3 saturated carbocycles. The Labute approximate surface area is 114 Å². The molecule has 18 heavy (non-hydrogen) atoms. The van der Waals surface area contributed by atoms with E-state index in [4.69, 9.17) is 0 Å². The Bertz CT molecular complexity index is 244. The zero-order valence-corrected chi connectivity index (χ0v) is 12.2. The van der Waals surface area contributed by atoms with Crippen LogP contribution in [0, 0.1) is 23.7 Å². The molecule has 3 aliphatic rings. The van der Waals surface area contributed by atoms with Gasteiger partial charge in [0, 0.05) is 0 Å². The van der Waals surface area contributed by atoms with Crippen molar-refractivity contribution in [1.82, 2.24) is 0 Å². The number of fused-ring (bicyclic) bond motifs is 3. The van der Waals surface area contributed by atoms with Gasteiger partial charge in [0.2, 0.25) is 0 Å². The minimum atomic E-state index is 1.12. The largest absolute Gasteiger partial charge is 0.0533 e. The number of hydrogen-bond acceptors (Lipinski definition) is 0. The van der Waals surface area contributed by atoms with E-state index in [2.05, 4.69) is 0 Å². The minimum Gasteiger partial charge on any atom is -0.0533 e. The standard InChI is InChI=1S/C18H32/c1-2-4-9-13-17-15(10-6-3-1)11-7-5-8-12-16-14-18(16)17/h15-18H,1-14H2. The molecule has 0 bridgehead atoms. The predicted octanol–water partition coefficient (Wildman–Crippen LogP) is 5.95. The van der Waals surface area contributed by atoms with Crippen molar-refractivity contribution in [2.75, 3.05) is 0 Å². The van der Waals surface area contributed by atoms with Gasteiger partial charge >= 0.3 is 0 Å². The third-order valence-corrected chi connectivity index (χ3v) is 6.14. The molecule has 0 amide bonds. The average Bonchev–Trinajstić information content (AvgIpc) is 3.14. The number of rotatable bonds is 0. The van der Waals surface area contributed by atoms with Crippen LogP contribution >= 0.6 is 0 Å². The highest BCUT2D eigenvalue weighted by atomic mass is 14.5. The van der Waals surface area contributed by atoms with Crippen molar-refractivity contribution in [3.8, 4) is 0 Å². The van der Waals surface area contributed by atoms with Gasteiger partial charge < -0.3 is 0 Å². The van der Waals surface area contributed by atoms with Gasteiger partial charge in [-0.3, -0.25) is 0 Å². The first kappa shape index (κ1) is 13.0. The van der Waals surface area contributed by atoms with Crippen molar-refractivity contribution >= 4 is 0 Å². The van der Waals surface area contributed by atoms with E-state index in [0.29, 0.717) is 0 Å². The first-order valence-corrected chi connectivity index (χ1v) is 8.95. The van der Waals surface area contributed by atoms with Crippen LogP contribution in [0.3, 0.4) is 0 Å². The summed E-state index contributed by atoms with van der Waals surface area (Å²) in [5, 5.41) is 0. The van der Waals surface area contributed by atoms with Crippen LogP contribution in [-0.4, -0.2) is 0 Å². The lowest BCUT2D eigenvalue weighted by molar-refractivity contribution is 0.221. The van der Waals surface area contributed by atoms with Gasteiger partial charge in [0.25, 0.3) is 0 Å². The van der Waals surface area contributed by atoms with E-state index in [1.807, 2.05) is 0 Å². The Kier molecular flexibility index (Phi) is 4.65. The fourth-order valence-electron chi connectivity index (χ4n) is 4.98. The quantitative estimate of drug-likeness (QED) is 0.496. The Morgan fingerprint density at radius 1 is 0.389 bits per heavy atom. The molecule has 0 spiro atoms. The molecule has 0 aliphatic heterocycles. The van der Waals surface area contributed by atoms with Crippen molar-refractivity contribution in [3.05, 3.63) is 0 Å². The molecule has 0 saturated heterocycles. The average molecular weight is 248 g/mol. The third kappa shape index (κ3) is 3.31. The molecule has 3 aliphatic carbocycles. The summed E-state index contributed by atoms with van der Waals surface area (Å²) in [7, 11) is 0. The van der Waals surface area contributed by atoms with Gasteiger partial charge in [0.05, 0.1) is 0 Å². The highest BCUT2D eigenvalue weighted by Gasteiger charge is 2.44. The lowest BCUT2D eigenvalue weighted by Crippen LogP contribution is -2.18. The Morgan fingerprint density at radius 2 is 0.889 bits per heavy atom. The van der Waals surface area contributed by atoms with Crippen molar-refractivity contribution in [2.24, 2.45) is 23.7 Å². The van der Waals surface area contributed by atoms with Crippen molar-refractivity contribution in [1.29, 1.82) is 0 Å². The molecule has 0 radical (unpaired) electrons. The molecule has 4 atom stereocenters. The zero-order valence-electron chi connectivity index (χ0n) is 12.2. The molecular formula is C18H32. The monoisotopic (exact) mass is 248 g/mol. The molecule has 0 heteroatoms. The van der Waals surface area contributed by atoms with Crippen LogP contribution in [0.5, 0.6) is 0 Å². The molecule has 0 heterocycles. The normalized spacial score (nSPS) is 42.7. The van der Waals surface area contributed by atoms with E-state index in [1.54, 1.807) is 57.8 Å². The third-order valence-electron chi connectivity index (χ3n) is 6.14. The molecule has 0 aromatic heterocycles. The molecular weight excluding hydrogens is 216 g/mol. The minimum absolute atomic E-state index is 1.12.